The second-order valence-corrected chi connectivity index (χ2v) is 7.47. The van der Waals surface area contributed by atoms with Gasteiger partial charge in [-0.15, -0.1) is 11.3 Å². The number of hydrogen-bond acceptors (Lipinski definition) is 5. The van der Waals surface area contributed by atoms with Crippen LogP contribution in [-0.2, 0) is 4.94 Å². The van der Waals surface area contributed by atoms with Crippen LogP contribution in [0.2, 0.25) is 5.15 Å². The molecule has 1 aliphatic heterocycles. The highest BCUT2D eigenvalue weighted by atomic mass is 35.5. The fraction of sp³-hybridized carbons (Fsp3) is 0.0500. The first-order chi connectivity index (χ1) is 13.2. The quantitative estimate of drug-likeness (QED) is 0.527. The average molecular weight is 395 g/mol. The molecule has 4 aromatic rings. The molecule has 0 spiro atoms. The summed E-state index contributed by atoms with van der Waals surface area (Å²) in [7, 11) is 1.84. The molecule has 0 bridgehead atoms. The number of imidazole rings is 1. The van der Waals surface area contributed by atoms with Gasteiger partial charge in [0, 0.05) is 29.8 Å². The summed E-state index contributed by atoms with van der Waals surface area (Å²) >= 11 is 8.04. The van der Waals surface area contributed by atoms with E-state index in [2.05, 4.69) is 59.0 Å². The molecule has 0 atom stereocenters. The number of rotatable bonds is 3. The Labute approximate surface area is 165 Å². The van der Waals surface area contributed by atoms with Gasteiger partial charge in [0.25, 0.3) is 0 Å². The number of benzene rings is 2. The van der Waals surface area contributed by atoms with E-state index in [1.807, 2.05) is 29.2 Å². The summed E-state index contributed by atoms with van der Waals surface area (Å²) in [6.45, 7) is 0. The minimum atomic E-state index is 0.646. The van der Waals surface area contributed by atoms with E-state index in [0.29, 0.717) is 5.15 Å². The minimum Gasteiger partial charge on any atom is -0.280 e. The van der Waals surface area contributed by atoms with Crippen LogP contribution in [-0.4, -0.2) is 21.5 Å². The van der Waals surface area contributed by atoms with Crippen molar-refractivity contribution >= 4 is 33.6 Å². The molecule has 134 valence electrons. The average Bonchev–Trinajstić information content (AvgIpc) is 3.41. The number of fused-ring (bicyclic) bond motifs is 1. The van der Waals surface area contributed by atoms with Gasteiger partial charge >= 0.3 is 0 Å². The molecule has 0 amide bonds. The van der Waals surface area contributed by atoms with Crippen LogP contribution < -0.4 is 5.48 Å². The van der Waals surface area contributed by atoms with Crippen molar-refractivity contribution in [3.8, 4) is 22.4 Å². The molecule has 0 aliphatic carbocycles. The highest BCUT2D eigenvalue weighted by molar-refractivity contribution is 7.15. The molecule has 7 heteroatoms. The van der Waals surface area contributed by atoms with Gasteiger partial charge in [0.05, 0.1) is 11.9 Å². The highest BCUT2D eigenvalue weighted by Crippen LogP contribution is 2.32. The van der Waals surface area contributed by atoms with Gasteiger partial charge in [-0.05, 0) is 11.1 Å². The van der Waals surface area contributed by atoms with Gasteiger partial charge < -0.3 is 0 Å². The Morgan fingerprint density at radius 3 is 2.19 bits per heavy atom. The zero-order valence-corrected chi connectivity index (χ0v) is 16.0. The first-order valence-corrected chi connectivity index (χ1v) is 9.65. The number of nitrogens with one attached hydrogen (secondary N) is 1. The predicted molar refractivity (Wildman–Crippen MR) is 109 cm³/mol. The van der Waals surface area contributed by atoms with E-state index in [0.717, 1.165) is 38.6 Å². The van der Waals surface area contributed by atoms with Crippen LogP contribution in [0, 0.1) is 0 Å². The van der Waals surface area contributed by atoms with Crippen LogP contribution in [0.1, 0.15) is 5.56 Å². The number of nitrogens with zero attached hydrogens (tertiary/aromatic N) is 3. The third-order valence-electron chi connectivity index (χ3n) is 4.50. The Morgan fingerprint density at radius 1 is 0.963 bits per heavy atom. The Balaban J connectivity index is 1.42. The van der Waals surface area contributed by atoms with Crippen LogP contribution in [0.25, 0.3) is 33.0 Å². The van der Waals surface area contributed by atoms with Crippen molar-refractivity contribution in [2.45, 2.75) is 0 Å². The maximum absolute atomic E-state index is 6.46. The van der Waals surface area contributed by atoms with Crippen molar-refractivity contribution < 1.29 is 4.94 Å². The summed E-state index contributed by atoms with van der Waals surface area (Å²) in [4.78, 5) is 10.7. The van der Waals surface area contributed by atoms with E-state index in [4.69, 9.17) is 16.5 Å². The lowest BCUT2D eigenvalue weighted by Crippen LogP contribution is -2.12. The van der Waals surface area contributed by atoms with Crippen LogP contribution in [0.3, 0.4) is 0 Å². The summed E-state index contributed by atoms with van der Waals surface area (Å²) < 4.78 is 1.90. The highest BCUT2D eigenvalue weighted by Gasteiger charge is 2.13. The van der Waals surface area contributed by atoms with Crippen LogP contribution >= 0.6 is 22.9 Å². The zero-order chi connectivity index (χ0) is 18.4. The Morgan fingerprint density at radius 2 is 1.59 bits per heavy atom. The monoisotopic (exact) mass is 394 g/mol. The molecule has 2 aromatic carbocycles. The van der Waals surface area contributed by atoms with Gasteiger partial charge in [0.2, 0.25) is 0 Å². The van der Waals surface area contributed by atoms with Gasteiger partial charge in [-0.1, -0.05) is 60.1 Å². The molecule has 3 heterocycles. The van der Waals surface area contributed by atoms with E-state index >= 15 is 0 Å². The van der Waals surface area contributed by atoms with Gasteiger partial charge in [-0.2, -0.15) is 4.94 Å². The molecule has 0 saturated heterocycles. The summed E-state index contributed by atoms with van der Waals surface area (Å²) in [6, 6.07) is 16.7. The van der Waals surface area contributed by atoms with Crippen molar-refractivity contribution in [1.82, 2.24) is 19.9 Å². The SMILES string of the molecule is CN1C=C(c2ccc(-c3ccc(-c4nc5sccn5c4Cl)cc3)cc2)NO1. The largest absolute Gasteiger partial charge is 0.280 e. The molecule has 0 unspecified atom stereocenters. The van der Waals surface area contributed by atoms with Gasteiger partial charge in [-0.3, -0.25) is 4.40 Å². The third-order valence-corrected chi connectivity index (χ3v) is 5.62. The lowest BCUT2D eigenvalue weighted by atomic mass is 10.0. The summed E-state index contributed by atoms with van der Waals surface area (Å²) in [5.41, 5.74) is 9.02. The zero-order valence-electron chi connectivity index (χ0n) is 14.4. The molecule has 1 N–H and O–H groups in total. The van der Waals surface area contributed by atoms with E-state index in [1.54, 1.807) is 16.4 Å². The summed E-state index contributed by atoms with van der Waals surface area (Å²) in [5, 5.41) is 4.26. The molecule has 5 rings (SSSR count). The van der Waals surface area contributed by atoms with Crippen molar-refractivity contribution in [3.05, 3.63) is 77.0 Å². The number of thiazole rings is 1. The van der Waals surface area contributed by atoms with Gasteiger partial charge in [0.15, 0.2) is 4.96 Å². The number of halogens is 1. The number of aromatic nitrogens is 2. The molecule has 1 aliphatic rings. The smallest absolute Gasteiger partial charge is 0.195 e. The Hall–Kier alpha value is -2.80. The number of hydrogen-bond donors (Lipinski definition) is 1. The van der Waals surface area contributed by atoms with Crippen molar-refractivity contribution in [2.75, 3.05) is 7.05 Å². The maximum Gasteiger partial charge on any atom is 0.195 e. The fourth-order valence-electron chi connectivity index (χ4n) is 3.09. The third kappa shape index (κ3) is 2.88. The van der Waals surface area contributed by atoms with Crippen LogP contribution in [0.15, 0.2) is 66.3 Å². The van der Waals surface area contributed by atoms with E-state index in [-0.39, 0.29) is 0 Å². The lowest BCUT2D eigenvalue weighted by molar-refractivity contribution is -0.121. The second-order valence-electron chi connectivity index (χ2n) is 6.24. The molecular weight excluding hydrogens is 380 g/mol. The fourth-order valence-corrected chi connectivity index (χ4v) is 4.15. The standard InChI is InChI=1S/C20H15ClN4OS/c1-24-12-17(23-26-24)15-6-2-13(3-7-15)14-4-8-16(9-5-14)18-19(21)25-10-11-27-20(25)22-18/h2-12,23H,1H3. The first kappa shape index (κ1) is 16.4. The number of hydroxylamine groups is 3. The molecule has 2 aromatic heterocycles. The van der Waals surface area contributed by atoms with Crippen LogP contribution in [0.5, 0.6) is 0 Å². The molecular formula is C20H15ClN4OS. The van der Waals surface area contributed by atoms with Gasteiger partial charge in [0.1, 0.15) is 10.8 Å². The Bertz CT molecular complexity index is 1150. The Kier molecular flexibility index (Phi) is 3.89. The predicted octanol–water partition coefficient (Wildman–Crippen LogP) is 5.06. The topological polar surface area (TPSA) is 41.8 Å². The first-order valence-electron chi connectivity index (χ1n) is 8.39. The minimum absolute atomic E-state index is 0.646. The van der Waals surface area contributed by atoms with Crippen molar-refractivity contribution in [3.63, 3.8) is 0 Å². The van der Waals surface area contributed by atoms with E-state index in [9.17, 15) is 0 Å². The van der Waals surface area contributed by atoms with Crippen molar-refractivity contribution in [1.29, 1.82) is 0 Å². The van der Waals surface area contributed by atoms with Crippen molar-refractivity contribution in [2.24, 2.45) is 0 Å². The molecule has 27 heavy (non-hydrogen) atoms. The lowest BCUT2D eigenvalue weighted by Gasteiger charge is -2.06. The second kappa shape index (κ2) is 6.42. The summed E-state index contributed by atoms with van der Waals surface area (Å²) in [5.74, 6) is 0. The van der Waals surface area contributed by atoms with E-state index < -0.39 is 0 Å². The molecule has 5 nitrogen and oxygen atoms in total. The van der Waals surface area contributed by atoms with E-state index in [1.165, 1.54) is 0 Å². The van der Waals surface area contributed by atoms with Gasteiger partial charge in [-0.25, -0.2) is 15.5 Å². The maximum atomic E-state index is 6.46. The van der Waals surface area contributed by atoms with Crippen LogP contribution in [0.4, 0.5) is 0 Å². The molecule has 0 saturated carbocycles. The normalized spacial score (nSPS) is 13.9. The molecule has 0 radical (unpaired) electrons. The molecule has 0 fully saturated rings. The summed E-state index contributed by atoms with van der Waals surface area (Å²) in [6.07, 6.45) is 3.84.